The van der Waals surface area contributed by atoms with Gasteiger partial charge in [-0.25, -0.2) is 4.79 Å². The second-order valence-corrected chi connectivity index (χ2v) is 5.25. The summed E-state index contributed by atoms with van der Waals surface area (Å²) in [5.41, 5.74) is 2.72. The van der Waals surface area contributed by atoms with Crippen LogP contribution in [0.3, 0.4) is 0 Å². The minimum absolute atomic E-state index is 0.234. The van der Waals surface area contributed by atoms with E-state index in [0.717, 1.165) is 35.9 Å². The maximum Gasteiger partial charge on any atom is 0.337 e. The Morgan fingerprint density at radius 1 is 1.43 bits per heavy atom. The minimum Gasteiger partial charge on any atom is -0.478 e. The molecule has 0 unspecified atom stereocenters. The highest BCUT2D eigenvalue weighted by Crippen LogP contribution is 2.37. The van der Waals surface area contributed by atoms with Gasteiger partial charge in [0.1, 0.15) is 0 Å². The Bertz CT molecular complexity index is 716. The molecule has 1 aromatic heterocycles. The van der Waals surface area contributed by atoms with Gasteiger partial charge in [-0.15, -0.1) is 0 Å². The molecule has 1 aromatic carbocycles. The molecule has 1 atom stereocenters. The fourth-order valence-electron chi connectivity index (χ4n) is 3.14. The topological polar surface area (TPSA) is 79.4 Å². The molecular weight excluding hydrogens is 270 g/mol. The number of carboxylic acid groups (broad SMARTS) is 1. The van der Waals surface area contributed by atoms with Gasteiger partial charge in [-0.1, -0.05) is 12.1 Å². The predicted octanol–water partition coefficient (Wildman–Crippen LogP) is 2.85. The van der Waals surface area contributed by atoms with Gasteiger partial charge in [0.05, 0.1) is 23.6 Å². The number of nitrogens with one attached hydrogen (secondary N) is 1. The number of aryl methyl sites for hydroxylation is 1. The van der Waals surface area contributed by atoms with E-state index in [1.54, 1.807) is 19.1 Å². The van der Waals surface area contributed by atoms with Crippen molar-refractivity contribution in [3.05, 3.63) is 35.0 Å². The van der Waals surface area contributed by atoms with Gasteiger partial charge in [0.15, 0.2) is 0 Å². The molecule has 5 nitrogen and oxygen atoms in total. The van der Waals surface area contributed by atoms with Gasteiger partial charge in [-0.3, -0.25) is 4.79 Å². The van der Waals surface area contributed by atoms with E-state index in [9.17, 15) is 14.7 Å². The first kappa shape index (κ1) is 13.7. The van der Waals surface area contributed by atoms with Crippen LogP contribution in [0, 0.1) is 0 Å². The number of esters is 1. The van der Waals surface area contributed by atoms with Crippen molar-refractivity contribution < 1.29 is 19.4 Å². The van der Waals surface area contributed by atoms with Gasteiger partial charge < -0.3 is 14.8 Å². The van der Waals surface area contributed by atoms with Crippen LogP contribution in [0.4, 0.5) is 0 Å². The quantitative estimate of drug-likeness (QED) is 0.851. The summed E-state index contributed by atoms with van der Waals surface area (Å²) in [5, 5.41) is 10.2. The lowest BCUT2D eigenvalue weighted by Crippen LogP contribution is -2.20. The molecule has 0 spiro atoms. The molecule has 1 aliphatic rings. The first-order valence-electron chi connectivity index (χ1n) is 7.16. The molecule has 1 heterocycles. The van der Waals surface area contributed by atoms with Gasteiger partial charge in [0.2, 0.25) is 0 Å². The van der Waals surface area contributed by atoms with E-state index < -0.39 is 5.97 Å². The van der Waals surface area contributed by atoms with Crippen molar-refractivity contribution in [2.75, 3.05) is 6.61 Å². The molecule has 5 heteroatoms. The lowest BCUT2D eigenvalue weighted by Gasteiger charge is -2.20. The average molecular weight is 287 g/mol. The average Bonchev–Trinajstić information content (AvgIpc) is 2.85. The van der Waals surface area contributed by atoms with Gasteiger partial charge in [-0.2, -0.15) is 0 Å². The fraction of sp³-hybridized carbons (Fsp3) is 0.375. The molecule has 0 aliphatic heterocycles. The van der Waals surface area contributed by atoms with E-state index in [1.807, 2.05) is 6.07 Å². The molecule has 0 saturated heterocycles. The lowest BCUT2D eigenvalue weighted by atomic mass is 9.86. The number of aromatic amines is 1. The third-order valence-corrected chi connectivity index (χ3v) is 4.04. The Balaban J connectivity index is 2.16. The second kappa shape index (κ2) is 5.24. The van der Waals surface area contributed by atoms with Crippen molar-refractivity contribution in [1.29, 1.82) is 0 Å². The highest BCUT2D eigenvalue weighted by atomic mass is 16.5. The first-order valence-corrected chi connectivity index (χ1v) is 7.16. The van der Waals surface area contributed by atoms with Gasteiger partial charge in [0, 0.05) is 11.1 Å². The Morgan fingerprint density at radius 3 is 2.95 bits per heavy atom. The molecule has 0 fully saturated rings. The Morgan fingerprint density at radius 2 is 2.24 bits per heavy atom. The number of hydrogen-bond acceptors (Lipinski definition) is 3. The maximum atomic E-state index is 12.1. The third-order valence-electron chi connectivity index (χ3n) is 4.04. The molecule has 2 aromatic rings. The Labute approximate surface area is 121 Å². The number of hydrogen-bond donors (Lipinski definition) is 2. The molecular formula is C16H17NO4. The van der Waals surface area contributed by atoms with Crippen LogP contribution >= 0.6 is 0 Å². The number of carbonyl (C=O) groups excluding carboxylic acids is 1. The number of ether oxygens (including phenoxy) is 1. The summed E-state index contributed by atoms with van der Waals surface area (Å²) in [4.78, 5) is 26.6. The predicted molar refractivity (Wildman–Crippen MR) is 77.6 cm³/mol. The maximum absolute atomic E-state index is 12.1. The molecule has 2 N–H and O–H groups in total. The molecule has 0 bridgehead atoms. The summed E-state index contributed by atoms with van der Waals surface area (Å²) < 4.78 is 5.14. The van der Waals surface area contributed by atoms with Crippen molar-refractivity contribution in [2.45, 2.75) is 32.1 Å². The standard InChI is InChI=1S/C16H17NO4/c1-2-21-16(20)12-8-4-6-10-9-5-3-7-11(15(18)19)13(9)17-14(10)12/h3,5,7,12,17H,2,4,6,8H2,1H3,(H,18,19)/t12-/m0/s1. The molecule has 0 amide bonds. The van der Waals surface area contributed by atoms with Crippen LogP contribution < -0.4 is 0 Å². The van der Waals surface area contributed by atoms with Crippen molar-refractivity contribution in [3.63, 3.8) is 0 Å². The van der Waals surface area contributed by atoms with Crippen molar-refractivity contribution in [1.82, 2.24) is 4.98 Å². The molecule has 110 valence electrons. The van der Waals surface area contributed by atoms with Crippen LogP contribution in [0.2, 0.25) is 0 Å². The number of rotatable bonds is 3. The minimum atomic E-state index is -0.966. The summed E-state index contributed by atoms with van der Waals surface area (Å²) in [6, 6.07) is 5.23. The van der Waals surface area contributed by atoms with E-state index in [-0.39, 0.29) is 17.5 Å². The van der Waals surface area contributed by atoms with Crippen LogP contribution in [0.15, 0.2) is 18.2 Å². The van der Waals surface area contributed by atoms with E-state index in [1.165, 1.54) is 0 Å². The molecule has 3 rings (SSSR count). The molecule has 0 saturated carbocycles. The zero-order chi connectivity index (χ0) is 15.0. The number of carbonyl (C=O) groups is 2. The van der Waals surface area contributed by atoms with E-state index in [2.05, 4.69) is 4.98 Å². The number of benzene rings is 1. The van der Waals surface area contributed by atoms with Crippen LogP contribution in [-0.2, 0) is 16.0 Å². The smallest absolute Gasteiger partial charge is 0.337 e. The monoisotopic (exact) mass is 287 g/mol. The number of para-hydroxylation sites is 1. The fourth-order valence-corrected chi connectivity index (χ4v) is 3.14. The van der Waals surface area contributed by atoms with E-state index >= 15 is 0 Å². The SMILES string of the molecule is CCOC(=O)[C@H]1CCCc2c1[nH]c1c(C(=O)O)cccc21. The van der Waals surface area contributed by atoms with Crippen molar-refractivity contribution >= 4 is 22.8 Å². The summed E-state index contributed by atoms with van der Waals surface area (Å²) in [6.45, 7) is 2.14. The second-order valence-electron chi connectivity index (χ2n) is 5.25. The number of aromatic nitrogens is 1. The summed E-state index contributed by atoms with van der Waals surface area (Å²) in [5.74, 6) is -1.52. The highest BCUT2D eigenvalue weighted by Gasteiger charge is 2.31. The van der Waals surface area contributed by atoms with Crippen LogP contribution in [0.5, 0.6) is 0 Å². The van der Waals surface area contributed by atoms with Crippen LogP contribution in [0.25, 0.3) is 10.9 Å². The summed E-state index contributed by atoms with van der Waals surface area (Å²) >= 11 is 0. The van der Waals surface area contributed by atoms with Gasteiger partial charge in [-0.05, 0) is 37.8 Å². The normalized spacial score (nSPS) is 17.5. The number of carboxylic acids is 1. The number of H-pyrrole nitrogens is 1. The third kappa shape index (κ3) is 2.18. The Hall–Kier alpha value is -2.30. The van der Waals surface area contributed by atoms with Crippen LogP contribution in [-0.4, -0.2) is 28.6 Å². The van der Waals surface area contributed by atoms with E-state index in [0.29, 0.717) is 12.1 Å². The molecule has 0 radical (unpaired) electrons. The first-order chi connectivity index (χ1) is 10.1. The lowest BCUT2D eigenvalue weighted by molar-refractivity contribution is -0.145. The van der Waals surface area contributed by atoms with Crippen molar-refractivity contribution in [3.8, 4) is 0 Å². The Kier molecular flexibility index (Phi) is 3.41. The zero-order valence-electron chi connectivity index (χ0n) is 11.8. The summed E-state index contributed by atoms with van der Waals surface area (Å²) in [6.07, 6.45) is 2.50. The van der Waals surface area contributed by atoms with Gasteiger partial charge in [0.25, 0.3) is 0 Å². The zero-order valence-corrected chi connectivity index (χ0v) is 11.8. The van der Waals surface area contributed by atoms with Crippen molar-refractivity contribution in [2.24, 2.45) is 0 Å². The molecule has 21 heavy (non-hydrogen) atoms. The van der Waals surface area contributed by atoms with Gasteiger partial charge >= 0.3 is 11.9 Å². The largest absolute Gasteiger partial charge is 0.478 e. The van der Waals surface area contributed by atoms with Crippen LogP contribution in [0.1, 0.15) is 47.3 Å². The molecule has 1 aliphatic carbocycles. The summed E-state index contributed by atoms with van der Waals surface area (Å²) in [7, 11) is 0. The number of fused-ring (bicyclic) bond motifs is 3. The number of aromatic carboxylic acids is 1. The van der Waals surface area contributed by atoms with E-state index in [4.69, 9.17) is 4.74 Å². The highest BCUT2D eigenvalue weighted by molar-refractivity contribution is 6.04.